The molecule has 1 aromatic heterocycles. The highest BCUT2D eigenvalue weighted by Crippen LogP contribution is 2.36. The van der Waals surface area contributed by atoms with E-state index in [2.05, 4.69) is 15.5 Å². The molecule has 1 saturated heterocycles. The van der Waals surface area contributed by atoms with Crippen LogP contribution >= 0.6 is 0 Å². The smallest absolute Gasteiger partial charge is 0.337 e. The van der Waals surface area contributed by atoms with Crippen LogP contribution < -0.4 is 5.32 Å². The zero-order chi connectivity index (χ0) is 22.9. The summed E-state index contributed by atoms with van der Waals surface area (Å²) in [5, 5.41) is 7.01. The Hall–Kier alpha value is -2.88. The van der Waals surface area contributed by atoms with Crippen molar-refractivity contribution in [2.24, 2.45) is 0 Å². The number of aryl methyl sites for hydroxylation is 2. The minimum Gasteiger partial charge on any atom is -0.337 e. The molecule has 32 heavy (non-hydrogen) atoms. The van der Waals surface area contributed by atoms with Crippen LogP contribution in [0.1, 0.15) is 47.0 Å². The Kier molecular flexibility index (Phi) is 5.98. The molecule has 0 radical (unpaired) electrons. The van der Waals surface area contributed by atoms with E-state index < -0.39 is 23.5 Å². The number of benzene rings is 2. The van der Waals surface area contributed by atoms with E-state index in [0.717, 1.165) is 37.6 Å². The van der Waals surface area contributed by atoms with Crippen LogP contribution in [0.4, 0.5) is 26.3 Å². The van der Waals surface area contributed by atoms with Crippen LogP contribution in [0.25, 0.3) is 11.4 Å². The van der Waals surface area contributed by atoms with Gasteiger partial charge in [0, 0.05) is 5.56 Å². The van der Waals surface area contributed by atoms with Crippen molar-refractivity contribution < 1.29 is 30.9 Å². The van der Waals surface area contributed by atoms with Gasteiger partial charge in [0.1, 0.15) is 0 Å². The summed E-state index contributed by atoms with van der Waals surface area (Å²) < 4.78 is 84.4. The summed E-state index contributed by atoms with van der Waals surface area (Å²) in [6, 6.07) is 8.15. The number of nitrogens with one attached hydrogen (secondary N) is 1. The van der Waals surface area contributed by atoms with Crippen molar-refractivity contribution in [1.82, 2.24) is 15.5 Å². The predicted octanol–water partition coefficient (Wildman–Crippen LogP) is 5.98. The van der Waals surface area contributed by atoms with Crippen molar-refractivity contribution in [3.63, 3.8) is 0 Å². The normalized spacial score (nSPS) is 17.1. The molecular formula is C22H19F6N3O. The Morgan fingerprint density at radius 3 is 2.31 bits per heavy atom. The van der Waals surface area contributed by atoms with E-state index in [-0.39, 0.29) is 35.8 Å². The topological polar surface area (TPSA) is 51.0 Å². The predicted molar refractivity (Wildman–Crippen MR) is 104 cm³/mol. The fourth-order valence-electron chi connectivity index (χ4n) is 3.73. The second-order valence-electron chi connectivity index (χ2n) is 7.67. The number of halogens is 6. The number of hydrogen-bond acceptors (Lipinski definition) is 4. The minimum absolute atomic E-state index is 0.0178. The molecular weight excluding hydrogens is 436 g/mol. The molecule has 4 rings (SSSR count). The molecule has 1 fully saturated rings. The number of alkyl halides is 6. The van der Waals surface area contributed by atoms with Crippen LogP contribution in [-0.2, 0) is 25.2 Å². The SMILES string of the molecule is FC(F)(F)c1ccc(CCc2ccc(-c3noc(C4CCCN4)n3)cc2C(F)(F)F)cc1. The van der Waals surface area contributed by atoms with E-state index in [1.165, 1.54) is 24.3 Å². The van der Waals surface area contributed by atoms with Crippen LogP contribution in [-0.4, -0.2) is 16.7 Å². The van der Waals surface area contributed by atoms with Crippen molar-refractivity contribution in [2.75, 3.05) is 6.54 Å². The van der Waals surface area contributed by atoms with E-state index in [1.807, 2.05) is 0 Å². The summed E-state index contributed by atoms with van der Waals surface area (Å²) in [6.45, 7) is 0.814. The van der Waals surface area contributed by atoms with Crippen molar-refractivity contribution in [3.8, 4) is 11.4 Å². The molecule has 0 spiro atoms. The first-order valence-electron chi connectivity index (χ1n) is 10.0. The Bertz CT molecular complexity index is 1070. The Morgan fingerprint density at radius 1 is 0.938 bits per heavy atom. The van der Waals surface area contributed by atoms with Gasteiger partial charge in [-0.1, -0.05) is 29.4 Å². The lowest BCUT2D eigenvalue weighted by molar-refractivity contribution is -0.138. The van der Waals surface area contributed by atoms with Crippen molar-refractivity contribution in [1.29, 1.82) is 0 Å². The lowest BCUT2D eigenvalue weighted by Crippen LogP contribution is -2.13. The Morgan fingerprint density at radius 2 is 1.69 bits per heavy atom. The van der Waals surface area contributed by atoms with Crippen LogP contribution in [0.15, 0.2) is 47.0 Å². The van der Waals surface area contributed by atoms with Gasteiger partial charge >= 0.3 is 12.4 Å². The number of hydrogen-bond donors (Lipinski definition) is 1. The molecule has 0 saturated carbocycles. The molecule has 1 aliphatic heterocycles. The summed E-state index contributed by atoms with van der Waals surface area (Å²) in [4.78, 5) is 4.24. The highest BCUT2D eigenvalue weighted by molar-refractivity contribution is 5.57. The van der Waals surface area contributed by atoms with Gasteiger partial charge in [-0.2, -0.15) is 31.3 Å². The summed E-state index contributed by atoms with van der Waals surface area (Å²) in [5.74, 6) is 0.422. The van der Waals surface area contributed by atoms with Gasteiger partial charge < -0.3 is 9.84 Å². The van der Waals surface area contributed by atoms with Crippen LogP contribution in [0, 0.1) is 0 Å². The number of aromatic nitrogens is 2. The molecule has 1 N–H and O–H groups in total. The Labute approximate surface area is 179 Å². The van der Waals surface area contributed by atoms with E-state index in [0.29, 0.717) is 11.5 Å². The zero-order valence-corrected chi connectivity index (χ0v) is 16.7. The van der Waals surface area contributed by atoms with Gasteiger partial charge in [-0.05, 0) is 61.6 Å². The van der Waals surface area contributed by atoms with Crippen LogP contribution in [0.5, 0.6) is 0 Å². The fourth-order valence-corrected chi connectivity index (χ4v) is 3.73. The van der Waals surface area contributed by atoms with Gasteiger partial charge in [-0.25, -0.2) is 0 Å². The quantitative estimate of drug-likeness (QED) is 0.481. The van der Waals surface area contributed by atoms with Crippen LogP contribution in [0.2, 0.25) is 0 Å². The van der Waals surface area contributed by atoms with Gasteiger partial charge in [0.15, 0.2) is 0 Å². The van der Waals surface area contributed by atoms with Gasteiger partial charge in [0.05, 0.1) is 17.2 Å². The van der Waals surface area contributed by atoms with Gasteiger partial charge in [0.2, 0.25) is 11.7 Å². The molecule has 10 heteroatoms. The largest absolute Gasteiger partial charge is 0.416 e. The first kappa shape index (κ1) is 22.3. The highest BCUT2D eigenvalue weighted by atomic mass is 19.4. The van der Waals surface area contributed by atoms with Gasteiger partial charge in [-0.15, -0.1) is 0 Å². The van der Waals surface area contributed by atoms with E-state index in [9.17, 15) is 26.3 Å². The first-order valence-corrected chi connectivity index (χ1v) is 10.0. The van der Waals surface area contributed by atoms with Crippen molar-refractivity contribution >= 4 is 0 Å². The maximum absolute atomic E-state index is 13.7. The van der Waals surface area contributed by atoms with Crippen molar-refractivity contribution in [2.45, 2.75) is 44.1 Å². The number of nitrogens with zero attached hydrogens (tertiary/aromatic N) is 2. The summed E-state index contributed by atoms with van der Waals surface area (Å²) >= 11 is 0. The van der Waals surface area contributed by atoms with E-state index in [4.69, 9.17) is 4.52 Å². The average molecular weight is 455 g/mol. The maximum atomic E-state index is 13.7. The molecule has 1 atom stereocenters. The molecule has 0 amide bonds. The fraction of sp³-hybridized carbons (Fsp3) is 0.364. The summed E-state index contributed by atoms with van der Waals surface area (Å²) in [6.07, 6.45) is -7.11. The third-order valence-corrected chi connectivity index (χ3v) is 5.44. The summed E-state index contributed by atoms with van der Waals surface area (Å²) in [7, 11) is 0. The maximum Gasteiger partial charge on any atom is 0.416 e. The van der Waals surface area contributed by atoms with E-state index in [1.54, 1.807) is 0 Å². The molecule has 2 aromatic carbocycles. The van der Waals surface area contributed by atoms with E-state index >= 15 is 0 Å². The standard InChI is InChI=1S/C22H19F6N3O/c23-21(24,25)16-9-4-13(5-10-16)3-6-14-7-8-15(12-17(14)22(26,27)28)19-30-20(32-31-19)18-2-1-11-29-18/h4-5,7-10,12,18,29H,1-3,6,11H2. The monoisotopic (exact) mass is 455 g/mol. The van der Waals surface area contributed by atoms with Crippen molar-refractivity contribution in [3.05, 3.63) is 70.6 Å². The molecule has 2 heterocycles. The lowest BCUT2D eigenvalue weighted by atomic mass is 9.97. The van der Waals surface area contributed by atoms with Gasteiger partial charge in [0.25, 0.3) is 0 Å². The van der Waals surface area contributed by atoms with Gasteiger partial charge in [-0.3, -0.25) is 0 Å². The molecule has 4 nitrogen and oxygen atoms in total. The third kappa shape index (κ3) is 4.95. The molecule has 0 aliphatic carbocycles. The number of rotatable bonds is 5. The second kappa shape index (κ2) is 8.57. The molecule has 170 valence electrons. The molecule has 0 bridgehead atoms. The summed E-state index contributed by atoms with van der Waals surface area (Å²) in [5.41, 5.74) is -0.880. The van der Waals surface area contributed by atoms with Crippen LogP contribution in [0.3, 0.4) is 0 Å². The third-order valence-electron chi connectivity index (χ3n) is 5.44. The first-order chi connectivity index (χ1) is 15.1. The zero-order valence-electron chi connectivity index (χ0n) is 16.7. The minimum atomic E-state index is -4.61. The second-order valence-corrected chi connectivity index (χ2v) is 7.67. The molecule has 3 aromatic rings. The highest BCUT2D eigenvalue weighted by Gasteiger charge is 2.34. The molecule has 1 unspecified atom stereocenters. The molecule has 1 aliphatic rings. The average Bonchev–Trinajstić information content (AvgIpc) is 3.43. The Balaban J connectivity index is 1.54. The lowest BCUT2D eigenvalue weighted by Gasteiger charge is -2.14.